The number of piperidine rings is 1. The van der Waals surface area contributed by atoms with Crippen molar-refractivity contribution in [1.29, 1.82) is 0 Å². The molecular formula is C25H35ClN2OS. The molecule has 3 nitrogen and oxygen atoms in total. The molecule has 3 rings (SSSR count). The molecule has 30 heavy (non-hydrogen) atoms. The summed E-state index contributed by atoms with van der Waals surface area (Å²) in [6.07, 6.45) is 3.77. The molecule has 1 fully saturated rings. The van der Waals surface area contributed by atoms with E-state index in [1.54, 1.807) is 7.11 Å². The Labute approximate surface area is 191 Å². The van der Waals surface area contributed by atoms with Gasteiger partial charge in [0.2, 0.25) is 0 Å². The largest absolute Gasteiger partial charge is 0.497 e. The topological polar surface area (TPSA) is 24.5 Å². The molecule has 0 amide bonds. The lowest BCUT2D eigenvalue weighted by Crippen LogP contribution is -2.37. The van der Waals surface area contributed by atoms with E-state index in [2.05, 4.69) is 41.5 Å². The molecule has 5 heteroatoms. The second-order valence-corrected chi connectivity index (χ2v) is 9.80. The van der Waals surface area contributed by atoms with E-state index < -0.39 is 0 Å². The zero-order valence-corrected chi connectivity index (χ0v) is 19.9. The minimum atomic E-state index is 0.665. The molecule has 2 aromatic carbocycles. The molecule has 0 unspecified atom stereocenters. The van der Waals surface area contributed by atoms with Crippen molar-refractivity contribution < 1.29 is 4.74 Å². The van der Waals surface area contributed by atoms with E-state index in [0.717, 1.165) is 41.3 Å². The maximum atomic E-state index is 6.09. The van der Waals surface area contributed by atoms with Crippen LogP contribution in [-0.2, 0) is 5.75 Å². The fourth-order valence-electron chi connectivity index (χ4n) is 4.33. The monoisotopic (exact) mass is 446 g/mol. The molecule has 2 aromatic rings. The fourth-order valence-corrected chi connectivity index (χ4v) is 5.31. The van der Waals surface area contributed by atoms with E-state index in [1.165, 1.54) is 43.5 Å². The number of likely N-dealkylation sites (tertiary alicyclic amines) is 1. The highest BCUT2D eigenvalue weighted by Gasteiger charge is 2.28. The van der Waals surface area contributed by atoms with Gasteiger partial charge in [0, 0.05) is 29.6 Å². The van der Waals surface area contributed by atoms with Gasteiger partial charge in [-0.1, -0.05) is 35.9 Å². The normalized spacial score (nSPS) is 19.7. The number of thioether (sulfide) groups is 1. The molecular weight excluding hydrogens is 412 g/mol. The number of benzene rings is 2. The van der Waals surface area contributed by atoms with Crippen molar-refractivity contribution in [2.45, 2.75) is 30.9 Å². The fraction of sp³-hybridized carbons (Fsp3) is 0.520. The third-order valence-electron chi connectivity index (χ3n) is 6.01. The summed E-state index contributed by atoms with van der Waals surface area (Å²) in [6.45, 7) is 4.57. The minimum absolute atomic E-state index is 0.665. The maximum Gasteiger partial charge on any atom is 0.118 e. The summed E-state index contributed by atoms with van der Waals surface area (Å²) in [4.78, 5) is 2.49. The minimum Gasteiger partial charge on any atom is -0.497 e. The van der Waals surface area contributed by atoms with Crippen LogP contribution in [0.3, 0.4) is 0 Å². The Hall–Kier alpha value is -1.20. The third-order valence-corrected chi connectivity index (χ3v) is 7.30. The summed E-state index contributed by atoms with van der Waals surface area (Å²) >= 11 is 8.07. The lowest BCUT2D eigenvalue weighted by atomic mass is 9.78. The second kappa shape index (κ2) is 12.6. The van der Waals surface area contributed by atoms with Crippen LogP contribution in [0.2, 0.25) is 5.02 Å². The SMILES string of the molecule is COc1ccc(CSCCNCCC[C@@H]2CN(C)CC[C@@H]2c2ccc(Cl)cc2)cc1. The molecule has 164 valence electrons. The number of methoxy groups -OCH3 is 1. The highest BCUT2D eigenvalue weighted by atomic mass is 35.5. The molecule has 0 radical (unpaired) electrons. The van der Waals surface area contributed by atoms with Gasteiger partial charge in [-0.3, -0.25) is 0 Å². The van der Waals surface area contributed by atoms with Crippen LogP contribution in [0.1, 0.15) is 36.3 Å². The number of ether oxygens (including phenoxy) is 1. The molecule has 0 aromatic heterocycles. The van der Waals surface area contributed by atoms with Gasteiger partial charge in [0.1, 0.15) is 5.75 Å². The second-order valence-electron chi connectivity index (χ2n) is 8.26. The van der Waals surface area contributed by atoms with Crippen molar-refractivity contribution >= 4 is 23.4 Å². The van der Waals surface area contributed by atoms with Crippen molar-refractivity contribution in [2.24, 2.45) is 5.92 Å². The Kier molecular flexibility index (Phi) is 9.86. The first-order chi connectivity index (χ1) is 14.7. The lowest BCUT2D eigenvalue weighted by Gasteiger charge is -2.37. The number of rotatable bonds is 11. The molecule has 2 atom stereocenters. The van der Waals surface area contributed by atoms with Gasteiger partial charge in [-0.2, -0.15) is 11.8 Å². The molecule has 0 aliphatic carbocycles. The van der Waals surface area contributed by atoms with Crippen LogP contribution in [0.5, 0.6) is 5.75 Å². The van der Waals surface area contributed by atoms with E-state index in [1.807, 2.05) is 36.0 Å². The van der Waals surface area contributed by atoms with Gasteiger partial charge >= 0.3 is 0 Å². The van der Waals surface area contributed by atoms with Gasteiger partial charge < -0.3 is 15.0 Å². The Bertz CT molecular complexity index is 738. The summed E-state index contributed by atoms with van der Waals surface area (Å²) in [6, 6.07) is 16.9. The molecule has 1 aliphatic rings. The van der Waals surface area contributed by atoms with Crippen molar-refractivity contribution in [3.63, 3.8) is 0 Å². The van der Waals surface area contributed by atoms with Gasteiger partial charge in [-0.05, 0) is 86.6 Å². The van der Waals surface area contributed by atoms with Crippen LogP contribution in [0.15, 0.2) is 48.5 Å². The van der Waals surface area contributed by atoms with Crippen LogP contribution in [-0.4, -0.2) is 51.0 Å². The number of nitrogens with one attached hydrogen (secondary N) is 1. The highest BCUT2D eigenvalue weighted by Crippen LogP contribution is 2.35. The van der Waals surface area contributed by atoms with Gasteiger partial charge in [0.05, 0.1) is 7.11 Å². The third kappa shape index (κ3) is 7.49. The first-order valence-electron chi connectivity index (χ1n) is 11.0. The molecule has 1 N–H and O–H groups in total. The highest BCUT2D eigenvalue weighted by molar-refractivity contribution is 7.98. The van der Waals surface area contributed by atoms with Crippen LogP contribution >= 0.6 is 23.4 Å². The standard InChI is InChI=1S/C25H35ClN2OS/c1-28-16-13-25(21-7-9-23(26)10-8-21)22(18-28)4-3-14-27-15-17-30-19-20-5-11-24(29-2)12-6-20/h5-12,22,25,27H,3-4,13-19H2,1-2H3/t22-,25-/m1/s1. The quantitative estimate of drug-likeness (QED) is 0.448. The number of hydrogen-bond acceptors (Lipinski definition) is 4. The maximum absolute atomic E-state index is 6.09. The predicted molar refractivity (Wildman–Crippen MR) is 131 cm³/mol. The average molecular weight is 447 g/mol. The number of halogens is 1. The first-order valence-corrected chi connectivity index (χ1v) is 12.5. The van der Waals surface area contributed by atoms with Gasteiger partial charge in [-0.15, -0.1) is 0 Å². The van der Waals surface area contributed by atoms with Crippen molar-refractivity contribution in [1.82, 2.24) is 10.2 Å². The van der Waals surface area contributed by atoms with Crippen LogP contribution < -0.4 is 10.1 Å². The zero-order valence-electron chi connectivity index (χ0n) is 18.3. The number of nitrogens with zero attached hydrogens (tertiary/aromatic N) is 1. The average Bonchev–Trinajstić information content (AvgIpc) is 2.77. The van der Waals surface area contributed by atoms with Crippen molar-refractivity contribution in [3.8, 4) is 5.75 Å². The first kappa shape index (κ1) is 23.5. The summed E-state index contributed by atoms with van der Waals surface area (Å²) < 4.78 is 5.21. The lowest BCUT2D eigenvalue weighted by molar-refractivity contribution is 0.174. The number of hydrogen-bond donors (Lipinski definition) is 1. The van der Waals surface area contributed by atoms with Crippen molar-refractivity contribution in [3.05, 3.63) is 64.7 Å². The van der Waals surface area contributed by atoms with Gasteiger partial charge in [0.25, 0.3) is 0 Å². The summed E-state index contributed by atoms with van der Waals surface area (Å²) in [5.74, 6) is 4.52. The molecule has 0 spiro atoms. The van der Waals surface area contributed by atoms with E-state index in [0.29, 0.717) is 5.92 Å². The van der Waals surface area contributed by atoms with Crippen molar-refractivity contribution in [2.75, 3.05) is 46.1 Å². The van der Waals surface area contributed by atoms with E-state index in [9.17, 15) is 0 Å². The van der Waals surface area contributed by atoms with Gasteiger partial charge in [0.15, 0.2) is 0 Å². The molecule has 0 bridgehead atoms. The summed E-state index contributed by atoms with van der Waals surface area (Å²) in [5.41, 5.74) is 2.82. The Morgan fingerprint density at radius 2 is 1.87 bits per heavy atom. The van der Waals surface area contributed by atoms with Crippen LogP contribution in [0.4, 0.5) is 0 Å². The molecule has 1 aliphatic heterocycles. The Morgan fingerprint density at radius 1 is 1.10 bits per heavy atom. The van der Waals surface area contributed by atoms with Crippen LogP contribution in [0, 0.1) is 5.92 Å². The Morgan fingerprint density at radius 3 is 2.60 bits per heavy atom. The van der Waals surface area contributed by atoms with E-state index >= 15 is 0 Å². The van der Waals surface area contributed by atoms with E-state index in [4.69, 9.17) is 16.3 Å². The smallest absolute Gasteiger partial charge is 0.118 e. The predicted octanol–water partition coefficient (Wildman–Crippen LogP) is 5.69. The van der Waals surface area contributed by atoms with Crippen LogP contribution in [0.25, 0.3) is 0 Å². The molecule has 1 saturated heterocycles. The molecule has 0 saturated carbocycles. The van der Waals surface area contributed by atoms with E-state index in [-0.39, 0.29) is 0 Å². The summed E-state index contributed by atoms with van der Waals surface area (Å²) in [7, 11) is 3.96. The zero-order chi connectivity index (χ0) is 21.2. The molecule has 1 heterocycles. The van der Waals surface area contributed by atoms with Gasteiger partial charge in [-0.25, -0.2) is 0 Å². The summed E-state index contributed by atoms with van der Waals surface area (Å²) in [5, 5.41) is 4.46. The Balaban J connectivity index is 1.31.